The molecule has 0 amide bonds. The summed E-state index contributed by atoms with van der Waals surface area (Å²) in [4.78, 5) is 20.1. The molecule has 0 saturated carbocycles. The maximum Gasteiger partial charge on any atom is 3.00 e. The van der Waals surface area contributed by atoms with Crippen molar-refractivity contribution < 1.29 is 61.8 Å². The second kappa shape index (κ2) is 7.82. The Balaban J connectivity index is 0. The number of carboxylic acids is 2. The molecule has 2 N–H and O–H groups in total. The van der Waals surface area contributed by atoms with Crippen LogP contribution < -0.4 is 0 Å². The minimum absolute atomic E-state index is 0. The maximum atomic E-state index is 10.1. The molecular formula is C12H10CoF6O4P-4. The first-order valence-corrected chi connectivity index (χ1v) is 7.55. The van der Waals surface area contributed by atoms with Gasteiger partial charge in [0.15, 0.2) is 0 Å². The molecule has 12 heteroatoms. The maximum absolute atomic E-state index is 10.7. The van der Waals surface area contributed by atoms with Crippen molar-refractivity contribution >= 4 is 19.7 Å². The van der Waals surface area contributed by atoms with Crippen LogP contribution in [0.1, 0.15) is 20.7 Å². The molecule has 24 heavy (non-hydrogen) atoms. The van der Waals surface area contributed by atoms with Gasteiger partial charge in [0.05, 0.1) is 0 Å². The normalized spacial score (nSPS) is 12.8. The van der Waals surface area contributed by atoms with Crippen LogP contribution in [0.2, 0.25) is 0 Å². The Labute approximate surface area is 141 Å². The third-order valence-electron chi connectivity index (χ3n) is 1.82. The first kappa shape index (κ1) is 24.4. The van der Waals surface area contributed by atoms with Crippen LogP contribution in [0, 0.1) is 0 Å². The SMILES string of the molecule is F[P-](F)(F)(F)(F)F.O=C(O)[c-]1[cH-][cH-][cH-][cH-]1.O=C(O)[c-]1cccc1.[Co+3]. The standard InChI is InChI=1S/2C6H5O2.Co.F6P/c2*7-6(8)5-3-1-2-4-5;;1-7(2,3,4,5)6/h2*1-4H,(H,7,8);;/q-5;-1;+3;-1. The number of hydrogen-bond acceptors (Lipinski definition) is 2. The Morgan fingerprint density at radius 1 is 0.833 bits per heavy atom. The summed E-state index contributed by atoms with van der Waals surface area (Å²) >= 11 is 0. The fourth-order valence-electron chi connectivity index (χ4n) is 1.03. The Morgan fingerprint density at radius 3 is 1.33 bits per heavy atom. The third kappa shape index (κ3) is 18.2. The van der Waals surface area contributed by atoms with E-state index in [1.54, 1.807) is 48.5 Å². The molecule has 0 bridgehead atoms. The molecule has 0 heterocycles. The Kier molecular flexibility index (Phi) is 7.95. The molecule has 0 aliphatic carbocycles. The molecule has 0 aliphatic rings. The second-order valence-electron chi connectivity index (χ2n) is 3.92. The number of carboxylic acid groups (broad SMARTS) is 2. The summed E-state index contributed by atoms with van der Waals surface area (Å²) in [7, 11) is -10.7. The van der Waals surface area contributed by atoms with Crippen molar-refractivity contribution in [3.8, 4) is 0 Å². The Morgan fingerprint density at radius 2 is 1.17 bits per heavy atom. The van der Waals surface area contributed by atoms with Crippen molar-refractivity contribution in [3.05, 3.63) is 59.7 Å². The number of carbonyl (C=O) groups is 2. The van der Waals surface area contributed by atoms with Crippen LogP contribution in [0.5, 0.6) is 0 Å². The predicted octanol–water partition coefficient (Wildman–Crippen LogP) is 5.59. The molecule has 0 fully saturated rings. The van der Waals surface area contributed by atoms with E-state index in [-0.39, 0.29) is 16.8 Å². The van der Waals surface area contributed by atoms with Gasteiger partial charge in [-0.2, -0.15) is 12.1 Å². The minimum atomic E-state index is -10.7. The summed E-state index contributed by atoms with van der Waals surface area (Å²) in [6.07, 6.45) is 0. The van der Waals surface area contributed by atoms with Crippen LogP contribution in [-0.4, -0.2) is 22.2 Å². The van der Waals surface area contributed by atoms with Crippen molar-refractivity contribution in [2.75, 3.05) is 0 Å². The summed E-state index contributed by atoms with van der Waals surface area (Å²) in [6.45, 7) is 0. The predicted molar refractivity (Wildman–Crippen MR) is 71.6 cm³/mol. The summed E-state index contributed by atoms with van der Waals surface area (Å²) in [6, 6.07) is 13.0. The van der Waals surface area contributed by atoms with E-state index in [1.807, 2.05) is 0 Å². The van der Waals surface area contributed by atoms with Crippen LogP contribution >= 0.6 is 7.81 Å². The average molecular weight is 422 g/mol. The van der Waals surface area contributed by atoms with Gasteiger partial charge >= 0.3 is 49.8 Å². The van der Waals surface area contributed by atoms with Gasteiger partial charge < -0.3 is 44.8 Å². The van der Waals surface area contributed by atoms with Crippen LogP contribution in [0.25, 0.3) is 0 Å². The van der Waals surface area contributed by atoms with Gasteiger partial charge in [-0.3, -0.25) is 4.79 Å². The Bertz CT molecular complexity index is 579. The molecule has 0 aromatic heterocycles. The van der Waals surface area contributed by atoms with Crippen LogP contribution in [0.3, 0.4) is 0 Å². The molecule has 0 saturated heterocycles. The Hall–Kier alpha value is -1.84. The molecule has 2 aromatic carbocycles. The van der Waals surface area contributed by atoms with Gasteiger partial charge in [-0.25, -0.2) is 12.1 Å². The average Bonchev–Trinajstić information content (AvgIpc) is 3.00. The molecule has 0 aliphatic heterocycles. The van der Waals surface area contributed by atoms with E-state index in [1.165, 1.54) is 0 Å². The van der Waals surface area contributed by atoms with Crippen LogP contribution in [0.4, 0.5) is 25.2 Å². The smallest absolute Gasteiger partial charge is 0.681 e. The summed E-state index contributed by atoms with van der Waals surface area (Å²) in [5.41, 5.74) is 0.704. The molecule has 142 valence electrons. The van der Waals surface area contributed by atoms with Crippen molar-refractivity contribution in [1.82, 2.24) is 0 Å². The van der Waals surface area contributed by atoms with E-state index in [9.17, 15) is 34.8 Å². The number of rotatable bonds is 2. The van der Waals surface area contributed by atoms with E-state index in [0.717, 1.165) is 0 Å². The zero-order valence-electron chi connectivity index (χ0n) is 11.4. The number of aromatic carboxylic acids is 2. The molecule has 4 nitrogen and oxygen atoms in total. The monoisotopic (exact) mass is 422 g/mol. The van der Waals surface area contributed by atoms with E-state index in [4.69, 9.17) is 10.2 Å². The van der Waals surface area contributed by atoms with Crippen molar-refractivity contribution in [1.29, 1.82) is 0 Å². The van der Waals surface area contributed by atoms with Gasteiger partial charge in [-0.1, -0.05) is 5.56 Å². The van der Waals surface area contributed by atoms with Gasteiger partial charge in [0.1, 0.15) is 0 Å². The molecule has 0 radical (unpaired) electrons. The van der Waals surface area contributed by atoms with E-state index >= 15 is 0 Å². The number of halogens is 6. The van der Waals surface area contributed by atoms with Gasteiger partial charge in [0, 0.05) is 0 Å². The fraction of sp³-hybridized carbons (Fsp3) is 0. The van der Waals surface area contributed by atoms with Gasteiger partial charge in [-0.05, 0) is 0 Å². The first-order valence-electron chi connectivity index (χ1n) is 5.52. The van der Waals surface area contributed by atoms with Gasteiger partial charge in [0.2, 0.25) is 0 Å². The largest absolute Gasteiger partial charge is 3.00 e. The zero-order chi connectivity index (χ0) is 18.4. The van der Waals surface area contributed by atoms with Crippen molar-refractivity contribution in [2.45, 2.75) is 0 Å². The third-order valence-corrected chi connectivity index (χ3v) is 1.82. The quantitative estimate of drug-likeness (QED) is 0.376. The van der Waals surface area contributed by atoms with E-state index < -0.39 is 19.7 Å². The minimum Gasteiger partial charge on any atom is -0.681 e. The summed E-state index contributed by atoms with van der Waals surface area (Å²) < 4.78 is 59.2. The molecule has 2 aromatic rings. The van der Waals surface area contributed by atoms with Crippen LogP contribution in [-0.2, 0) is 16.8 Å². The molecule has 0 atom stereocenters. The van der Waals surface area contributed by atoms with Gasteiger partial charge in [-0.15, -0.1) is 5.97 Å². The molecule has 0 unspecified atom stereocenters. The molecular weight excluding hydrogens is 412 g/mol. The number of hydrogen-bond donors (Lipinski definition) is 2. The molecule has 0 spiro atoms. The topological polar surface area (TPSA) is 74.6 Å². The second-order valence-corrected chi connectivity index (χ2v) is 5.83. The van der Waals surface area contributed by atoms with Gasteiger partial charge in [0.25, 0.3) is 5.97 Å². The zero-order valence-corrected chi connectivity index (χ0v) is 13.3. The van der Waals surface area contributed by atoms with E-state index in [2.05, 4.69) is 0 Å². The fourth-order valence-corrected chi connectivity index (χ4v) is 1.03. The van der Waals surface area contributed by atoms with Crippen molar-refractivity contribution in [2.24, 2.45) is 0 Å². The summed E-state index contributed by atoms with van der Waals surface area (Å²) in [5.74, 6) is -1.73. The van der Waals surface area contributed by atoms with Crippen molar-refractivity contribution in [3.63, 3.8) is 0 Å². The molecule has 2 rings (SSSR count). The van der Waals surface area contributed by atoms with Crippen LogP contribution in [0.15, 0.2) is 48.5 Å². The van der Waals surface area contributed by atoms with E-state index in [0.29, 0.717) is 11.1 Å². The summed E-state index contributed by atoms with van der Waals surface area (Å²) in [5, 5.41) is 16.5. The first-order chi connectivity index (χ1) is 10.1.